The van der Waals surface area contributed by atoms with Gasteiger partial charge in [0.15, 0.2) is 11.6 Å². The second kappa shape index (κ2) is 8.83. The van der Waals surface area contributed by atoms with Crippen LogP contribution in [0.5, 0.6) is 6.01 Å². The van der Waals surface area contributed by atoms with Crippen LogP contribution in [0.2, 0.25) is 5.02 Å². The normalized spacial score (nSPS) is 15.0. The number of carbonyl (C=O) groups is 1. The quantitative estimate of drug-likeness (QED) is 0.466. The van der Waals surface area contributed by atoms with Gasteiger partial charge in [-0.25, -0.2) is 9.37 Å². The van der Waals surface area contributed by atoms with Gasteiger partial charge in [-0.1, -0.05) is 24.1 Å². The highest BCUT2D eigenvalue weighted by Gasteiger charge is 2.63. The molecule has 1 amide bonds. The molecule has 1 aromatic heterocycles. The number of carbonyl (C=O) groups excluding carboxylic acids is 1. The molecule has 6 nitrogen and oxygen atoms in total. The molecule has 1 fully saturated rings. The van der Waals surface area contributed by atoms with E-state index in [2.05, 4.69) is 20.3 Å². The number of aromatic hydroxyl groups is 1. The van der Waals surface area contributed by atoms with Crippen LogP contribution in [0.1, 0.15) is 30.4 Å². The van der Waals surface area contributed by atoms with Gasteiger partial charge in [0, 0.05) is 17.7 Å². The summed E-state index contributed by atoms with van der Waals surface area (Å²) in [6.45, 7) is 1.41. The van der Waals surface area contributed by atoms with Gasteiger partial charge in [0.2, 0.25) is 5.91 Å². The SMILES string of the molecule is Cc1cc(-c2nc(O)nc(-c3cc(CNC(=O)C4(C(F)(F)F)CCC4)ccc3Cl)n2)ccc1F. The van der Waals surface area contributed by atoms with Crippen LogP contribution in [0, 0.1) is 18.2 Å². The van der Waals surface area contributed by atoms with Crippen LogP contribution in [-0.4, -0.2) is 32.1 Å². The van der Waals surface area contributed by atoms with Gasteiger partial charge in [0.25, 0.3) is 0 Å². The Bertz CT molecular complexity index is 1260. The molecule has 1 saturated carbocycles. The van der Waals surface area contributed by atoms with Gasteiger partial charge in [-0.05, 0) is 61.2 Å². The zero-order chi connectivity index (χ0) is 24.7. The van der Waals surface area contributed by atoms with E-state index < -0.39 is 29.3 Å². The van der Waals surface area contributed by atoms with Crippen molar-refractivity contribution in [1.82, 2.24) is 20.3 Å². The van der Waals surface area contributed by atoms with E-state index in [4.69, 9.17) is 11.6 Å². The minimum atomic E-state index is -4.61. The summed E-state index contributed by atoms with van der Waals surface area (Å²) in [5.74, 6) is -1.38. The Morgan fingerprint density at radius 2 is 1.82 bits per heavy atom. The van der Waals surface area contributed by atoms with Crippen molar-refractivity contribution in [3.8, 4) is 28.8 Å². The number of aryl methyl sites for hydroxylation is 1. The van der Waals surface area contributed by atoms with Gasteiger partial charge in [0.05, 0.1) is 5.02 Å². The van der Waals surface area contributed by atoms with Gasteiger partial charge in [-0.2, -0.15) is 23.1 Å². The third kappa shape index (κ3) is 4.42. The zero-order valence-electron chi connectivity index (χ0n) is 17.9. The first-order valence-corrected chi connectivity index (χ1v) is 10.7. The molecular formula is C23H19ClF4N4O2. The fraction of sp³-hybridized carbons (Fsp3) is 0.304. The van der Waals surface area contributed by atoms with Gasteiger partial charge in [-0.3, -0.25) is 4.79 Å². The third-order valence-electron chi connectivity index (χ3n) is 5.95. The molecule has 0 radical (unpaired) electrons. The van der Waals surface area contributed by atoms with E-state index in [1.807, 2.05) is 0 Å². The maximum atomic E-state index is 13.6. The van der Waals surface area contributed by atoms with Gasteiger partial charge < -0.3 is 10.4 Å². The van der Waals surface area contributed by atoms with E-state index >= 15 is 0 Å². The predicted molar refractivity (Wildman–Crippen MR) is 116 cm³/mol. The Hall–Kier alpha value is -3.27. The van der Waals surface area contributed by atoms with E-state index in [9.17, 15) is 27.5 Å². The minimum Gasteiger partial charge on any atom is -0.479 e. The summed E-state index contributed by atoms with van der Waals surface area (Å²) >= 11 is 6.29. The molecule has 11 heteroatoms. The topological polar surface area (TPSA) is 88.0 Å². The zero-order valence-corrected chi connectivity index (χ0v) is 18.6. The highest BCUT2D eigenvalue weighted by Crippen LogP contribution is 2.53. The molecule has 1 aliphatic carbocycles. The molecule has 0 spiro atoms. The number of alkyl halides is 3. The van der Waals surface area contributed by atoms with Crippen molar-refractivity contribution in [2.24, 2.45) is 5.41 Å². The van der Waals surface area contributed by atoms with E-state index in [1.54, 1.807) is 13.0 Å². The van der Waals surface area contributed by atoms with Crippen molar-refractivity contribution in [2.45, 2.75) is 38.9 Å². The summed E-state index contributed by atoms with van der Waals surface area (Å²) in [7, 11) is 0. The molecule has 1 aliphatic rings. The van der Waals surface area contributed by atoms with Crippen molar-refractivity contribution in [3.63, 3.8) is 0 Å². The van der Waals surface area contributed by atoms with Crippen LogP contribution in [0.4, 0.5) is 17.6 Å². The van der Waals surface area contributed by atoms with Crippen LogP contribution >= 0.6 is 11.6 Å². The lowest BCUT2D eigenvalue weighted by molar-refractivity contribution is -0.243. The molecule has 0 bridgehead atoms. The summed E-state index contributed by atoms with van der Waals surface area (Å²) in [5, 5.41) is 12.6. The number of benzene rings is 2. The molecule has 0 saturated heterocycles. The molecule has 0 atom stereocenters. The molecular weight excluding hydrogens is 476 g/mol. The summed E-state index contributed by atoms with van der Waals surface area (Å²) in [4.78, 5) is 24.4. The van der Waals surface area contributed by atoms with E-state index in [0.29, 0.717) is 23.1 Å². The largest absolute Gasteiger partial charge is 0.479 e. The van der Waals surface area contributed by atoms with Crippen molar-refractivity contribution in [3.05, 3.63) is 58.4 Å². The van der Waals surface area contributed by atoms with Crippen LogP contribution in [0.25, 0.3) is 22.8 Å². The summed E-state index contributed by atoms with van der Waals surface area (Å²) in [5.41, 5.74) is -0.804. The smallest absolute Gasteiger partial charge is 0.403 e. The maximum absolute atomic E-state index is 13.6. The van der Waals surface area contributed by atoms with Gasteiger partial charge >= 0.3 is 12.2 Å². The number of amides is 1. The molecule has 0 aliphatic heterocycles. The summed E-state index contributed by atoms with van der Waals surface area (Å²) in [6, 6.07) is 8.18. The van der Waals surface area contributed by atoms with E-state index in [1.165, 1.54) is 30.3 Å². The number of hydrogen-bond donors (Lipinski definition) is 2. The molecule has 178 valence electrons. The van der Waals surface area contributed by atoms with Crippen molar-refractivity contribution < 1.29 is 27.5 Å². The summed E-state index contributed by atoms with van der Waals surface area (Å²) in [6.07, 6.45) is -4.73. The Morgan fingerprint density at radius 1 is 1.12 bits per heavy atom. The third-order valence-corrected chi connectivity index (χ3v) is 6.28. The lowest BCUT2D eigenvalue weighted by atomic mass is 9.67. The van der Waals surface area contributed by atoms with Crippen molar-refractivity contribution in [1.29, 1.82) is 0 Å². The van der Waals surface area contributed by atoms with Crippen molar-refractivity contribution in [2.75, 3.05) is 0 Å². The number of nitrogens with one attached hydrogen (secondary N) is 1. The predicted octanol–water partition coefficient (Wildman–Crippen LogP) is 5.36. The number of rotatable bonds is 5. The number of nitrogens with zero attached hydrogens (tertiary/aromatic N) is 3. The van der Waals surface area contributed by atoms with Crippen LogP contribution in [0.15, 0.2) is 36.4 Å². The van der Waals surface area contributed by atoms with E-state index in [-0.39, 0.29) is 41.6 Å². The second-order valence-corrected chi connectivity index (χ2v) is 8.58. The fourth-order valence-electron chi connectivity index (χ4n) is 3.77. The highest BCUT2D eigenvalue weighted by molar-refractivity contribution is 6.33. The Balaban J connectivity index is 1.61. The number of aromatic nitrogens is 3. The molecule has 3 aromatic rings. The van der Waals surface area contributed by atoms with E-state index in [0.717, 1.165) is 0 Å². The van der Waals surface area contributed by atoms with Crippen LogP contribution in [-0.2, 0) is 11.3 Å². The van der Waals surface area contributed by atoms with Gasteiger partial charge in [-0.15, -0.1) is 0 Å². The number of hydrogen-bond acceptors (Lipinski definition) is 5. The fourth-order valence-corrected chi connectivity index (χ4v) is 3.98. The van der Waals surface area contributed by atoms with Gasteiger partial charge in [0.1, 0.15) is 11.2 Å². The Labute approximate surface area is 197 Å². The summed E-state index contributed by atoms with van der Waals surface area (Å²) < 4.78 is 53.8. The molecule has 34 heavy (non-hydrogen) atoms. The molecule has 2 aromatic carbocycles. The molecule has 1 heterocycles. The standard InChI is InChI=1S/C23H19ClF4N4O2/c1-12-9-14(4-6-17(12)25)18-30-19(32-21(34)31-18)15-10-13(3-5-16(15)24)11-29-20(33)22(7-2-8-22)23(26,27)28/h3-6,9-10H,2,7-8,11H2,1H3,(H,29,33)(H,30,31,32,34). The Kier molecular flexibility index (Phi) is 6.20. The monoisotopic (exact) mass is 494 g/mol. The molecule has 2 N–H and O–H groups in total. The maximum Gasteiger partial charge on any atom is 0.403 e. The first kappa shape index (κ1) is 23.9. The highest BCUT2D eigenvalue weighted by atomic mass is 35.5. The lowest BCUT2D eigenvalue weighted by Crippen LogP contribution is -2.54. The molecule has 0 unspecified atom stereocenters. The molecule has 4 rings (SSSR count). The average Bonchev–Trinajstić information content (AvgIpc) is 2.72. The van der Waals surface area contributed by atoms with Crippen LogP contribution < -0.4 is 5.32 Å². The number of halogens is 5. The first-order chi connectivity index (χ1) is 16.0. The Morgan fingerprint density at radius 3 is 2.44 bits per heavy atom. The van der Waals surface area contributed by atoms with Crippen molar-refractivity contribution >= 4 is 17.5 Å². The average molecular weight is 495 g/mol. The first-order valence-electron chi connectivity index (χ1n) is 10.4. The second-order valence-electron chi connectivity index (χ2n) is 8.18. The minimum absolute atomic E-state index is 0.00779. The lowest BCUT2D eigenvalue weighted by Gasteiger charge is -2.41. The van der Waals surface area contributed by atoms with Crippen LogP contribution in [0.3, 0.4) is 0 Å².